The average molecular weight is 405 g/mol. The number of rotatable bonds is 9. The molecule has 0 spiro atoms. The Bertz CT molecular complexity index is 864. The molecule has 1 amide bonds. The molecule has 3 rings (SSSR count). The highest BCUT2D eigenvalue weighted by Crippen LogP contribution is 2.29. The summed E-state index contributed by atoms with van der Waals surface area (Å²) in [4.78, 5) is 12.2. The van der Waals surface area contributed by atoms with Gasteiger partial charge in [-0.15, -0.1) is 27.0 Å². The number of aromatic nitrogens is 4. The van der Waals surface area contributed by atoms with Crippen LogP contribution < -0.4 is 10.6 Å². The zero-order valence-corrected chi connectivity index (χ0v) is 16.2. The number of hydrogen-bond acceptors (Lipinski definition) is 9. The van der Waals surface area contributed by atoms with Crippen LogP contribution in [0.2, 0.25) is 0 Å². The number of carbonyl (C=O) groups is 1. The molecule has 0 saturated heterocycles. The first-order valence-electron chi connectivity index (χ1n) is 7.70. The Morgan fingerprint density at radius 1 is 1.15 bits per heavy atom. The molecule has 2 aromatic heterocycles. The Morgan fingerprint density at radius 2 is 2.00 bits per heavy atom. The van der Waals surface area contributed by atoms with Crippen molar-refractivity contribution in [1.82, 2.24) is 25.7 Å². The van der Waals surface area contributed by atoms with Crippen molar-refractivity contribution in [3.8, 4) is 0 Å². The van der Waals surface area contributed by atoms with Crippen LogP contribution in [0.15, 0.2) is 47.3 Å². The minimum absolute atomic E-state index is 0.213. The van der Waals surface area contributed by atoms with Crippen LogP contribution in [-0.2, 0) is 12.3 Å². The maximum Gasteiger partial charge on any atom is 0.282 e. The molecular formula is C16H16N6OS3. The van der Waals surface area contributed by atoms with Gasteiger partial charge in [-0.25, -0.2) is 0 Å². The monoisotopic (exact) mass is 404 g/mol. The first-order chi connectivity index (χ1) is 12.7. The molecule has 0 bridgehead atoms. The summed E-state index contributed by atoms with van der Waals surface area (Å²) in [7, 11) is 0. The molecule has 0 aliphatic carbocycles. The lowest BCUT2D eigenvalue weighted by Gasteiger charge is -2.01. The van der Waals surface area contributed by atoms with Crippen LogP contribution in [0, 0.1) is 0 Å². The van der Waals surface area contributed by atoms with Gasteiger partial charge in [0.1, 0.15) is 5.01 Å². The van der Waals surface area contributed by atoms with Crippen LogP contribution in [0.3, 0.4) is 0 Å². The van der Waals surface area contributed by atoms with Crippen molar-refractivity contribution in [2.45, 2.75) is 16.6 Å². The van der Waals surface area contributed by atoms with E-state index in [-0.39, 0.29) is 5.91 Å². The Hall–Kier alpha value is -2.30. The molecule has 7 nitrogen and oxygen atoms in total. The molecule has 0 radical (unpaired) electrons. The summed E-state index contributed by atoms with van der Waals surface area (Å²) in [5.41, 5.74) is 1.04. The molecule has 0 aliphatic heterocycles. The molecule has 0 saturated carbocycles. The van der Waals surface area contributed by atoms with Gasteiger partial charge in [0.25, 0.3) is 5.91 Å². The Kier molecular flexibility index (Phi) is 6.69. The van der Waals surface area contributed by atoms with Gasteiger partial charge in [0.05, 0.1) is 5.75 Å². The lowest BCUT2D eigenvalue weighted by molar-refractivity contribution is 0.0950. The summed E-state index contributed by atoms with van der Waals surface area (Å²) < 4.78 is 0.835. The average Bonchev–Trinajstić information content (AvgIpc) is 3.33. The van der Waals surface area contributed by atoms with E-state index in [0.29, 0.717) is 23.8 Å². The van der Waals surface area contributed by atoms with E-state index in [2.05, 4.69) is 37.6 Å². The molecule has 2 heterocycles. The van der Waals surface area contributed by atoms with Crippen molar-refractivity contribution in [2.24, 2.45) is 0 Å². The molecule has 0 atom stereocenters. The van der Waals surface area contributed by atoms with E-state index in [1.54, 1.807) is 6.08 Å². The van der Waals surface area contributed by atoms with Gasteiger partial charge >= 0.3 is 0 Å². The second kappa shape index (κ2) is 9.41. The lowest BCUT2D eigenvalue weighted by Crippen LogP contribution is -2.22. The van der Waals surface area contributed by atoms with Crippen molar-refractivity contribution in [1.29, 1.82) is 0 Å². The Morgan fingerprint density at radius 3 is 2.81 bits per heavy atom. The minimum Gasteiger partial charge on any atom is -0.357 e. The number of anilines is 1. The number of nitrogens with zero attached hydrogens (tertiary/aromatic N) is 4. The van der Waals surface area contributed by atoms with E-state index >= 15 is 0 Å². The van der Waals surface area contributed by atoms with E-state index in [0.717, 1.165) is 20.0 Å². The maximum atomic E-state index is 12.2. The van der Waals surface area contributed by atoms with Gasteiger partial charge in [-0.2, -0.15) is 0 Å². The molecular weight excluding hydrogens is 388 g/mol. The molecule has 134 valence electrons. The van der Waals surface area contributed by atoms with Crippen molar-refractivity contribution in [2.75, 3.05) is 11.9 Å². The van der Waals surface area contributed by atoms with Gasteiger partial charge < -0.3 is 10.6 Å². The quantitative estimate of drug-likeness (QED) is 0.418. The van der Waals surface area contributed by atoms with Gasteiger partial charge in [-0.1, -0.05) is 70.8 Å². The number of carbonyl (C=O) groups excluding carboxylic acids is 1. The number of benzene rings is 1. The third-order valence-corrected chi connectivity index (χ3v) is 6.21. The summed E-state index contributed by atoms with van der Waals surface area (Å²) in [5.74, 6) is 0.383. The van der Waals surface area contributed by atoms with Crippen LogP contribution in [0.25, 0.3) is 0 Å². The van der Waals surface area contributed by atoms with E-state index in [4.69, 9.17) is 0 Å². The van der Waals surface area contributed by atoms with Crippen LogP contribution in [0.5, 0.6) is 0 Å². The first-order valence-corrected chi connectivity index (χ1v) is 10.3. The van der Waals surface area contributed by atoms with Crippen molar-refractivity contribution >= 4 is 45.5 Å². The second-order valence-corrected chi connectivity index (χ2v) is 8.26. The standard InChI is InChI=1S/C16H16N6OS3/c1-2-8-17-15-21-22-16(26-15)24-10-12-19-20-14(25-12)13(23)18-9-11-6-4-3-5-7-11/h2-7H,1,8-10H2,(H,17,21)(H,18,23). The van der Waals surface area contributed by atoms with E-state index in [1.165, 1.54) is 34.4 Å². The van der Waals surface area contributed by atoms with Crippen LogP contribution in [0.1, 0.15) is 20.4 Å². The lowest BCUT2D eigenvalue weighted by atomic mass is 10.2. The molecule has 0 aliphatic rings. The molecule has 1 aromatic carbocycles. The Labute approximate surface area is 163 Å². The summed E-state index contributed by atoms with van der Waals surface area (Å²) in [6.45, 7) is 4.76. The fourth-order valence-electron chi connectivity index (χ4n) is 1.88. The topological polar surface area (TPSA) is 92.7 Å². The highest BCUT2D eigenvalue weighted by molar-refractivity contribution is 8.00. The molecule has 10 heteroatoms. The summed E-state index contributed by atoms with van der Waals surface area (Å²) >= 11 is 4.28. The smallest absolute Gasteiger partial charge is 0.282 e. The van der Waals surface area contributed by atoms with Gasteiger partial charge in [0, 0.05) is 13.1 Å². The zero-order chi connectivity index (χ0) is 18.2. The maximum absolute atomic E-state index is 12.2. The van der Waals surface area contributed by atoms with Gasteiger partial charge in [-0.05, 0) is 5.56 Å². The van der Waals surface area contributed by atoms with Gasteiger partial charge in [-0.3, -0.25) is 4.79 Å². The van der Waals surface area contributed by atoms with Crippen LogP contribution in [-0.4, -0.2) is 32.8 Å². The molecule has 26 heavy (non-hydrogen) atoms. The third kappa shape index (κ3) is 5.35. The highest BCUT2D eigenvalue weighted by atomic mass is 32.2. The second-order valence-electron chi connectivity index (χ2n) is 5.00. The molecule has 2 N–H and O–H groups in total. The summed E-state index contributed by atoms with van der Waals surface area (Å²) in [6, 6.07) is 9.74. The van der Waals surface area contributed by atoms with Crippen molar-refractivity contribution in [3.63, 3.8) is 0 Å². The summed E-state index contributed by atoms with van der Waals surface area (Å²) in [5, 5.41) is 24.0. The highest BCUT2D eigenvalue weighted by Gasteiger charge is 2.13. The zero-order valence-electron chi connectivity index (χ0n) is 13.7. The number of hydrogen-bond donors (Lipinski definition) is 2. The first kappa shape index (κ1) is 18.5. The summed E-state index contributed by atoms with van der Waals surface area (Å²) in [6.07, 6.45) is 1.76. The van der Waals surface area contributed by atoms with E-state index in [1.807, 2.05) is 30.3 Å². The van der Waals surface area contributed by atoms with E-state index in [9.17, 15) is 4.79 Å². The third-order valence-electron chi connectivity index (χ3n) is 3.08. The normalized spacial score (nSPS) is 10.5. The largest absolute Gasteiger partial charge is 0.357 e. The SMILES string of the molecule is C=CCNc1nnc(SCc2nnc(C(=O)NCc3ccccc3)s2)s1. The predicted octanol–water partition coefficient (Wildman–Crippen LogP) is 3.21. The van der Waals surface area contributed by atoms with Gasteiger partial charge in [0.15, 0.2) is 4.34 Å². The Balaban J connectivity index is 1.48. The molecule has 0 unspecified atom stereocenters. The minimum atomic E-state index is -0.213. The van der Waals surface area contributed by atoms with Crippen LogP contribution >= 0.6 is 34.4 Å². The van der Waals surface area contributed by atoms with Crippen molar-refractivity contribution in [3.05, 3.63) is 58.6 Å². The molecule has 3 aromatic rings. The fraction of sp³-hybridized carbons (Fsp3) is 0.188. The fourth-order valence-corrected chi connectivity index (χ4v) is 4.38. The predicted molar refractivity (Wildman–Crippen MR) is 106 cm³/mol. The number of nitrogens with one attached hydrogen (secondary N) is 2. The van der Waals surface area contributed by atoms with E-state index < -0.39 is 0 Å². The van der Waals surface area contributed by atoms with Crippen molar-refractivity contribution < 1.29 is 4.79 Å². The number of amides is 1. The van der Waals surface area contributed by atoms with Crippen LogP contribution in [0.4, 0.5) is 5.13 Å². The van der Waals surface area contributed by atoms with Gasteiger partial charge in [0.2, 0.25) is 10.1 Å². The molecule has 0 fully saturated rings. The number of thioether (sulfide) groups is 1.